The summed E-state index contributed by atoms with van der Waals surface area (Å²) in [6.45, 7) is 3.48. The summed E-state index contributed by atoms with van der Waals surface area (Å²) in [5, 5.41) is 6.09. The number of hydrogen-bond donors (Lipinski definition) is 2. The molecule has 1 aromatic heterocycles. The Kier molecular flexibility index (Phi) is 10.3. The number of carbonyl (C=O) groups excluding carboxylic acids is 1. The number of fused-ring (bicyclic) bond motifs is 1. The first-order valence-electron chi connectivity index (χ1n) is 15.1. The van der Waals surface area contributed by atoms with Gasteiger partial charge in [-0.15, -0.1) is 0 Å². The zero-order chi connectivity index (χ0) is 32.3. The molecule has 12 nitrogen and oxygen atoms in total. The molecule has 3 aliphatic heterocycles. The molecule has 0 aliphatic carbocycles. The van der Waals surface area contributed by atoms with Crippen molar-refractivity contribution in [1.82, 2.24) is 19.8 Å². The fraction of sp³-hybridized carbons (Fsp3) is 0.633. The molecule has 1 aromatic carbocycles. The van der Waals surface area contributed by atoms with Gasteiger partial charge in [-0.2, -0.15) is 18.2 Å². The third-order valence-electron chi connectivity index (χ3n) is 8.48. The van der Waals surface area contributed by atoms with Crippen molar-refractivity contribution < 1.29 is 36.9 Å². The van der Waals surface area contributed by atoms with Crippen molar-refractivity contribution in [3.63, 3.8) is 0 Å². The van der Waals surface area contributed by atoms with E-state index in [0.717, 1.165) is 38.2 Å². The summed E-state index contributed by atoms with van der Waals surface area (Å²) in [4.78, 5) is 27.7. The van der Waals surface area contributed by atoms with Gasteiger partial charge in [-0.05, 0) is 65.3 Å². The summed E-state index contributed by atoms with van der Waals surface area (Å²) in [7, 11) is 9.48. The Morgan fingerprint density at radius 2 is 1.78 bits per heavy atom. The van der Waals surface area contributed by atoms with Gasteiger partial charge >= 0.3 is 6.18 Å². The molecule has 3 fully saturated rings. The van der Waals surface area contributed by atoms with Crippen molar-refractivity contribution >= 4 is 28.9 Å². The fourth-order valence-electron chi connectivity index (χ4n) is 5.74. The third kappa shape index (κ3) is 7.95. The second-order valence-electron chi connectivity index (χ2n) is 12.1. The average molecular weight is 638 g/mol. The number of rotatable bonds is 11. The zero-order valence-corrected chi connectivity index (χ0v) is 26.3. The smallest absolute Gasteiger partial charge is 0.423 e. The molecule has 0 bridgehead atoms. The van der Waals surface area contributed by atoms with E-state index in [1.54, 1.807) is 12.1 Å². The molecular formula is C30H42F3N7O5. The Morgan fingerprint density at radius 1 is 1.09 bits per heavy atom. The van der Waals surface area contributed by atoms with Crippen molar-refractivity contribution in [2.75, 3.05) is 90.2 Å². The highest BCUT2D eigenvalue weighted by molar-refractivity contribution is 5.96. The van der Waals surface area contributed by atoms with E-state index < -0.39 is 35.9 Å². The van der Waals surface area contributed by atoms with Crippen molar-refractivity contribution in [1.29, 1.82) is 0 Å². The molecule has 2 aromatic rings. The average Bonchev–Trinajstić information content (AvgIpc) is 3.58. The predicted octanol–water partition coefficient (Wildman–Crippen LogP) is 3.08. The number of nitrogens with zero attached hydrogens (tertiary/aromatic N) is 5. The molecule has 15 heteroatoms. The summed E-state index contributed by atoms with van der Waals surface area (Å²) in [6, 6.07) is 5.35. The van der Waals surface area contributed by atoms with Crippen LogP contribution in [-0.4, -0.2) is 125 Å². The molecule has 3 aliphatic rings. The first kappa shape index (κ1) is 33.1. The van der Waals surface area contributed by atoms with Crippen molar-refractivity contribution in [2.24, 2.45) is 5.92 Å². The third-order valence-corrected chi connectivity index (χ3v) is 8.48. The van der Waals surface area contributed by atoms with Crippen LogP contribution in [0.15, 0.2) is 24.4 Å². The maximum absolute atomic E-state index is 13.9. The number of nitrogens with one attached hydrogen (secondary N) is 2. The van der Waals surface area contributed by atoms with Crippen molar-refractivity contribution in [3.8, 4) is 5.88 Å². The Bertz CT molecular complexity index is 1330. The standard InChI is InChI=1S/C30H42F3N7O5/c1-38(2)12-13-40(4)22-7-6-19(14-21(22)36-27(41)18-8-10-39(3)11-9-18)35-29-34-15-20(30(31,32)33)28(37-29)45-24-17-44-25-23(42-5)16-43-26(24)25/h6-7,14-15,18,23-26H,8-13,16-17H2,1-5H3,(H,36,41)(H,34,35,37)/t23-,24-,25-,26-/m1/s1. The molecule has 2 N–H and O–H groups in total. The number of likely N-dealkylation sites (tertiary alicyclic amines) is 1. The summed E-state index contributed by atoms with van der Waals surface area (Å²) in [5.74, 6) is -0.907. The molecule has 248 valence electrons. The SMILES string of the molecule is CO[C@@H]1CO[C@H]2[C@@H]1OC[C@H]2Oc1nc(Nc2ccc(N(C)CCN(C)C)c(NC(=O)C3CCN(C)CC3)c2)ncc1C(F)(F)F. The molecule has 5 rings (SSSR count). The van der Waals surface area contributed by atoms with Gasteiger partial charge in [0.15, 0.2) is 6.10 Å². The van der Waals surface area contributed by atoms with Gasteiger partial charge < -0.3 is 44.3 Å². The minimum absolute atomic E-state index is 0.0302. The van der Waals surface area contributed by atoms with Gasteiger partial charge in [-0.3, -0.25) is 4.79 Å². The van der Waals surface area contributed by atoms with E-state index in [9.17, 15) is 18.0 Å². The van der Waals surface area contributed by atoms with Gasteiger partial charge in [-0.1, -0.05) is 0 Å². The molecule has 0 radical (unpaired) electrons. The summed E-state index contributed by atoms with van der Waals surface area (Å²) in [5.41, 5.74) is 0.758. The Hall–Kier alpha value is -3.24. The quantitative estimate of drug-likeness (QED) is 0.379. The predicted molar refractivity (Wildman–Crippen MR) is 162 cm³/mol. The van der Waals surface area contributed by atoms with E-state index >= 15 is 0 Å². The monoisotopic (exact) mass is 637 g/mol. The number of likely N-dealkylation sites (N-methyl/N-ethyl adjacent to an activating group) is 2. The van der Waals surface area contributed by atoms with E-state index in [4.69, 9.17) is 18.9 Å². The van der Waals surface area contributed by atoms with E-state index in [0.29, 0.717) is 24.1 Å². The van der Waals surface area contributed by atoms with E-state index in [1.807, 2.05) is 39.2 Å². The molecule has 0 spiro atoms. The Balaban J connectivity index is 1.38. The molecule has 4 atom stereocenters. The number of anilines is 4. The summed E-state index contributed by atoms with van der Waals surface area (Å²) in [6.07, 6.45) is -4.69. The molecule has 4 heterocycles. The lowest BCUT2D eigenvalue weighted by atomic mass is 9.96. The van der Waals surface area contributed by atoms with Crippen LogP contribution in [0.1, 0.15) is 18.4 Å². The first-order valence-corrected chi connectivity index (χ1v) is 15.1. The van der Waals surface area contributed by atoms with Crippen molar-refractivity contribution in [3.05, 3.63) is 30.0 Å². The highest BCUT2D eigenvalue weighted by Crippen LogP contribution is 2.38. The van der Waals surface area contributed by atoms with Crippen LogP contribution < -0.4 is 20.3 Å². The topological polar surface area (TPSA) is 114 Å². The zero-order valence-electron chi connectivity index (χ0n) is 26.3. The molecule has 45 heavy (non-hydrogen) atoms. The number of aromatic nitrogens is 2. The van der Waals surface area contributed by atoms with Crippen LogP contribution in [0.3, 0.4) is 0 Å². The van der Waals surface area contributed by atoms with Crippen LogP contribution in [0.25, 0.3) is 0 Å². The maximum Gasteiger partial charge on any atom is 0.423 e. The molecule has 1 amide bonds. The highest BCUT2D eigenvalue weighted by Gasteiger charge is 2.50. The van der Waals surface area contributed by atoms with Gasteiger partial charge in [0, 0.05) is 45.0 Å². The molecule has 0 saturated carbocycles. The minimum Gasteiger partial charge on any atom is -0.468 e. The normalized spacial score (nSPS) is 24.1. The maximum atomic E-state index is 13.9. The number of carbonyl (C=O) groups is 1. The van der Waals surface area contributed by atoms with E-state index in [-0.39, 0.29) is 37.1 Å². The first-order chi connectivity index (χ1) is 21.4. The van der Waals surface area contributed by atoms with Gasteiger partial charge in [0.25, 0.3) is 0 Å². The van der Waals surface area contributed by atoms with Crippen LogP contribution in [0, 0.1) is 5.92 Å². The minimum atomic E-state index is -4.75. The number of ether oxygens (including phenoxy) is 4. The number of benzene rings is 1. The lowest BCUT2D eigenvalue weighted by Crippen LogP contribution is -2.36. The molecule has 0 unspecified atom stereocenters. The number of hydrogen-bond acceptors (Lipinski definition) is 11. The molecular weight excluding hydrogens is 595 g/mol. The van der Waals surface area contributed by atoms with Crippen LogP contribution in [0.4, 0.5) is 36.2 Å². The van der Waals surface area contributed by atoms with Crippen LogP contribution in [-0.2, 0) is 25.2 Å². The lowest BCUT2D eigenvalue weighted by molar-refractivity contribution is -0.140. The Labute approximate surface area is 261 Å². The van der Waals surface area contributed by atoms with Gasteiger partial charge in [0.2, 0.25) is 17.7 Å². The summed E-state index contributed by atoms with van der Waals surface area (Å²) < 4.78 is 64.4. The van der Waals surface area contributed by atoms with E-state index in [1.165, 1.54) is 7.11 Å². The van der Waals surface area contributed by atoms with Crippen LogP contribution in [0.2, 0.25) is 0 Å². The summed E-state index contributed by atoms with van der Waals surface area (Å²) >= 11 is 0. The number of methoxy groups -OCH3 is 1. The second-order valence-corrected chi connectivity index (χ2v) is 12.1. The van der Waals surface area contributed by atoms with Crippen LogP contribution >= 0.6 is 0 Å². The largest absolute Gasteiger partial charge is 0.468 e. The van der Waals surface area contributed by atoms with Gasteiger partial charge in [0.1, 0.15) is 23.9 Å². The Morgan fingerprint density at radius 3 is 2.44 bits per heavy atom. The lowest BCUT2D eigenvalue weighted by Gasteiger charge is -2.29. The number of amides is 1. The number of halogens is 3. The number of alkyl halides is 3. The van der Waals surface area contributed by atoms with Crippen molar-refractivity contribution in [2.45, 2.75) is 43.4 Å². The van der Waals surface area contributed by atoms with Crippen LogP contribution in [0.5, 0.6) is 5.88 Å². The fourth-order valence-corrected chi connectivity index (χ4v) is 5.74. The molecule has 3 saturated heterocycles. The van der Waals surface area contributed by atoms with Gasteiger partial charge in [0.05, 0.1) is 24.6 Å². The second kappa shape index (κ2) is 14.0. The highest BCUT2D eigenvalue weighted by atomic mass is 19.4. The van der Waals surface area contributed by atoms with Gasteiger partial charge in [-0.25, -0.2) is 4.98 Å². The van der Waals surface area contributed by atoms with E-state index in [2.05, 4.69) is 30.4 Å². The number of piperidine rings is 1.